The van der Waals surface area contributed by atoms with Crippen molar-refractivity contribution in [2.75, 3.05) is 5.73 Å². The van der Waals surface area contributed by atoms with Crippen LogP contribution in [-0.4, -0.2) is 4.92 Å². The van der Waals surface area contributed by atoms with E-state index in [2.05, 4.69) is 0 Å². The highest BCUT2D eigenvalue weighted by atomic mass is 19.1. The van der Waals surface area contributed by atoms with Crippen LogP contribution in [0.3, 0.4) is 0 Å². The molecule has 0 atom stereocenters. The molecule has 64 valence electrons. The van der Waals surface area contributed by atoms with Crippen molar-refractivity contribution in [2.45, 2.75) is 6.92 Å². The minimum absolute atomic E-state index is 0.304. The van der Waals surface area contributed by atoms with Gasteiger partial charge >= 0.3 is 0 Å². The highest BCUT2D eigenvalue weighted by Crippen LogP contribution is 2.25. The van der Waals surface area contributed by atoms with E-state index in [0.29, 0.717) is 5.56 Å². The van der Waals surface area contributed by atoms with E-state index in [1.165, 1.54) is 19.1 Å². The van der Waals surface area contributed by atoms with E-state index in [0.717, 1.165) is 0 Å². The Morgan fingerprint density at radius 1 is 1.58 bits per heavy atom. The van der Waals surface area contributed by atoms with Crippen LogP contribution < -0.4 is 5.73 Å². The zero-order valence-electron chi connectivity index (χ0n) is 6.37. The van der Waals surface area contributed by atoms with Gasteiger partial charge in [-0.3, -0.25) is 10.1 Å². The van der Waals surface area contributed by atoms with Crippen LogP contribution in [0, 0.1) is 22.9 Å². The van der Waals surface area contributed by atoms with Crippen LogP contribution in [0.25, 0.3) is 0 Å². The molecule has 1 aromatic rings. The maximum Gasteiger partial charge on any atom is 0.295 e. The molecule has 12 heavy (non-hydrogen) atoms. The van der Waals surface area contributed by atoms with Gasteiger partial charge in [0.25, 0.3) is 5.69 Å². The molecular formula is C7H7FN2O2. The number of hydrogen-bond acceptors (Lipinski definition) is 3. The maximum absolute atomic E-state index is 12.9. The molecule has 4 nitrogen and oxygen atoms in total. The molecule has 0 unspecified atom stereocenters. The second kappa shape index (κ2) is 2.77. The average Bonchev–Trinajstić information content (AvgIpc) is 2.00. The van der Waals surface area contributed by atoms with Gasteiger partial charge in [-0.05, 0) is 18.6 Å². The highest BCUT2D eigenvalue weighted by Gasteiger charge is 2.15. The first-order valence-corrected chi connectivity index (χ1v) is 3.23. The lowest BCUT2D eigenvalue weighted by atomic mass is 10.2. The van der Waals surface area contributed by atoms with Gasteiger partial charge in [0.15, 0.2) is 5.82 Å². The molecule has 0 spiro atoms. The Hall–Kier alpha value is -1.65. The maximum atomic E-state index is 12.9. The number of hydrogen-bond donors (Lipinski definition) is 1. The lowest BCUT2D eigenvalue weighted by Gasteiger charge is -2.00. The SMILES string of the molecule is Cc1ccc([N+](=O)[O-])c(N)c1F. The third-order valence-corrected chi connectivity index (χ3v) is 1.55. The summed E-state index contributed by atoms with van der Waals surface area (Å²) in [6.45, 7) is 1.50. The number of benzene rings is 1. The fourth-order valence-electron chi connectivity index (χ4n) is 0.851. The molecule has 5 heteroatoms. The van der Waals surface area contributed by atoms with Gasteiger partial charge in [0.1, 0.15) is 5.69 Å². The summed E-state index contributed by atoms with van der Waals surface area (Å²) >= 11 is 0. The van der Waals surface area contributed by atoms with Crippen molar-refractivity contribution in [1.82, 2.24) is 0 Å². The number of nitro groups is 1. The Morgan fingerprint density at radius 3 is 2.67 bits per heavy atom. The first kappa shape index (κ1) is 8.45. The number of nitrogens with two attached hydrogens (primary N) is 1. The minimum Gasteiger partial charge on any atom is -0.391 e. The van der Waals surface area contributed by atoms with Crippen molar-refractivity contribution in [3.63, 3.8) is 0 Å². The lowest BCUT2D eigenvalue weighted by molar-refractivity contribution is -0.384. The zero-order chi connectivity index (χ0) is 9.30. The summed E-state index contributed by atoms with van der Waals surface area (Å²) in [6.07, 6.45) is 0. The van der Waals surface area contributed by atoms with Gasteiger partial charge in [-0.15, -0.1) is 0 Å². The van der Waals surface area contributed by atoms with E-state index in [9.17, 15) is 14.5 Å². The minimum atomic E-state index is -0.718. The number of nitrogens with zero attached hydrogens (tertiary/aromatic N) is 1. The van der Waals surface area contributed by atoms with Gasteiger partial charge in [-0.1, -0.05) is 0 Å². The fourth-order valence-corrected chi connectivity index (χ4v) is 0.851. The predicted octanol–water partition coefficient (Wildman–Crippen LogP) is 1.62. The summed E-state index contributed by atoms with van der Waals surface area (Å²) < 4.78 is 12.9. The quantitative estimate of drug-likeness (QED) is 0.395. The van der Waals surface area contributed by atoms with Crippen LogP contribution >= 0.6 is 0 Å². The van der Waals surface area contributed by atoms with Gasteiger partial charge in [0.2, 0.25) is 0 Å². The molecule has 0 fully saturated rings. The van der Waals surface area contributed by atoms with E-state index in [-0.39, 0.29) is 0 Å². The molecule has 2 N–H and O–H groups in total. The van der Waals surface area contributed by atoms with Crippen molar-refractivity contribution < 1.29 is 9.31 Å². The second-order valence-corrected chi connectivity index (χ2v) is 2.39. The molecule has 0 amide bonds. The molecule has 0 aliphatic heterocycles. The Morgan fingerprint density at radius 2 is 2.17 bits per heavy atom. The van der Waals surface area contributed by atoms with Crippen molar-refractivity contribution in [3.8, 4) is 0 Å². The fraction of sp³-hybridized carbons (Fsp3) is 0.143. The topological polar surface area (TPSA) is 69.2 Å². The Labute approximate surface area is 68.0 Å². The molecule has 0 radical (unpaired) electrons. The predicted molar refractivity (Wildman–Crippen MR) is 42.2 cm³/mol. The molecule has 1 rings (SSSR count). The number of halogens is 1. The van der Waals surface area contributed by atoms with Crippen molar-refractivity contribution in [3.05, 3.63) is 33.6 Å². The van der Waals surface area contributed by atoms with E-state index in [4.69, 9.17) is 5.73 Å². The molecule has 0 aliphatic rings. The normalized spacial score (nSPS) is 9.83. The van der Waals surface area contributed by atoms with Crippen LogP contribution in [0.1, 0.15) is 5.56 Å². The number of nitro benzene ring substituents is 1. The first-order valence-electron chi connectivity index (χ1n) is 3.23. The van der Waals surface area contributed by atoms with Crippen LogP contribution in [0.15, 0.2) is 12.1 Å². The monoisotopic (exact) mass is 170 g/mol. The van der Waals surface area contributed by atoms with E-state index < -0.39 is 22.1 Å². The largest absolute Gasteiger partial charge is 0.391 e. The summed E-state index contributed by atoms with van der Waals surface area (Å²) in [4.78, 5) is 9.53. The molecule has 0 saturated carbocycles. The van der Waals surface area contributed by atoms with Crippen LogP contribution in [-0.2, 0) is 0 Å². The molecule has 0 aromatic heterocycles. The molecule has 1 aromatic carbocycles. The molecular weight excluding hydrogens is 163 g/mol. The standard InChI is InChI=1S/C7H7FN2O2/c1-4-2-3-5(10(11)12)7(9)6(4)8/h2-3H,9H2,1H3. The van der Waals surface area contributed by atoms with Gasteiger partial charge in [-0.2, -0.15) is 0 Å². The molecule has 0 heterocycles. The zero-order valence-corrected chi connectivity index (χ0v) is 6.37. The molecule has 0 aliphatic carbocycles. The molecule has 0 bridgehead atoms. The first-order chi connectivity index (χ1) is 5.54. The van der Waals surface area contributed by atoms with Crippen molar-refractivity contribution in [1.29, 1.82) is 0 Å². The second-order valence-electron chi connectivity index (χ2n) is 2.39. The van der Waals surface area contributed by atoms with E-state index in [1.54, 1.807) is 0 Å². The van der Waals surface area contributed by atoms with Gasteiger partial charge in [-0.25, -0.2) is 4.39 Å². The summed E-state index contributed by atoms with van der Waals surface area (Å²) in [5, 5.41) is 10.2. The van der Waals surface area contributed by atoms with Crippen LogP contribution in [0.2, 0.25) is 0 Å². The van der Waals surface area contributed by atoms with Gasteiger partial charge in [0, 0.05) is 6.07 Å². The Balaban J connectivity index is 3.36. The summed E-state index contributed by atoms with van der Waals surface area (Å²) in [6, 6.07) is 2.51. The van der Waals surface area contributed by atoms with Crippen molar-refractivity contribution in [2.24, 2.45) is 0 Å². The third kappa shape index (κ3) is 1.20. The van der Waals surface area contributed by atoms with E-state index in [1.807, 2.05) is 0 Å². The Bertz CT molecular complexity index is 338. The Kier molecular flexibility index (Phi) is 1.95. The smallest absolute Gasteiger partial charge is 0.295 e. The molecule has 0 saturated heterocycles. The number of rotatable bonds is 1. The van der Waals surface area contributed by atoms with Crippen molar-refractivity contribution >= 4 is 11.4 Å². The van der Waals surface area contributed by atoms with Gasteiger partial charge < -0.3 is 5.73 Å². The summed E-state index contributed by atoms with van der Waals surface area (Å²) in [5.74, 6) is -0.718. The summed E-state index contributed by atoms with van der Waals surface area (Å²) in [5.41, 5.74) is 4.68. The van der Waals surface area contributed by atoms with Gasteiger partial charge in [0.05, 0.1) is 4.92 Å². The highest BCUT2D eigenvalue weighted by molar-refractivity contribution is 5.60. The van der Waals surface area contributed by atoms with Crippen LogP contribution in [0.5, 0.6) is 0 Å². The number of nitrogen functional groups attached to an aromatic ring is 1. The van der Waals surface area contributed by atoms with Crippen LogP contribution in [0.4, 0.5) is 15.8 Å². The number of anilines is 1. The lowest BCUT2D eigenvalue weighted by Crippen LogP contribution is -1.99. The summed E-state index contributed by atoms with van der Waals surface area (Å²) in [7, 11) is 0. The average molecular weight is 170 g/mol. The number of aryl methyl sites for hydroxylation is 1. The third-order valence-electron chi connectivity index (χ3n) is 1.55. The van der Waals surface area contributed by atoms with E-state index >= 15 is 0 Å².